The topological polar surface area (TPSA) is 38.0 Å². The van der Waals surface area contributed by atoms with Crippen LogP contribution >= 0.6 is 0 Å². The van der Waals surface area contributed by atoms with Crippen molar-refractivity contribution >= 4 is 0 Å². The van der Waals surface area contributed by atoms with E-state index >= 15 is 0 Å². The third kappa shape index (κ3) is 3.70. The van der Waals surface area contributed by atoms with Crippen LogP contribution in [0.2, 0.25) is 0 Å². The first-order valence-corrected chi connectivity index (χ1v) is 7.35. The number of nitrogens with zero attached hydrogens (tertiary/aromatic N) is 2. The molecule has 1 aromatic carbocycles. The minimum absolute atomic E-state index is 0.328. The summed E-state index contributed by atoms with van der Waals surface area (Å²) in [6.07, 6.45) is 2.05. The molecule has 0 spiro atoms. The molecule has 2 aromatic rings. The van der Waals surface area contributed by atoms with Crippen LogP contribution in [0.25, 0.3) is 0 Å². The molecule has 0 fully saturated rings. The number of aliphatic hydroxyl groups excluding tert-OH is 1. The van der Waals surface area contributed by atoms with Gasteiger partial charge >= 0.3 is 0 Å². The summed E-state index contributed by atoms with van der Waals surface area (Å²) in [5.74, 6) is 0.366. The Kier molecular flexibility index (Phi) is 4.96. The highest BCUT2D eigenvalue weighted by Gasteiger charge is 2.15. The maximum Gasteiger partial charge on any atom is 0.0624 e. The molecule has 0 radical (unpaired) electrons. The Labute approximate surface area is 121 Å². The van der Waals surface area contributed by atoms with Crippen LogP contribution in [-0.4, -0.2) is 21.0 Å². The Morgan fingerprint density at radius 3 is 2.55 bits per heavy atom. The van der Waals surface area contributed by atoms with Crippen LogP contribution in [0.15, 0.2) is 36.4 Å². The summed E-state index contributed by atoms with van der Waals surface area (Å²) in [6.45, 7) is 4.26. The van der Waals surface area contributed by atoms with E-state index < -0.39 is 0 Å². The van der Waals surface area contributed by atoms with Crippen molar-refractivity contribution in [1.82, 2.24) is 9.78 Å². The van der Waals surface area contributed by atoms with Gasteiger partial charge in [-0.1, -0.05) is 44.2 Å². The fourth-order valence-corrected chi connectivity index (χ4v) is 2.59. The van der Waals surface area contributed by atoms with Crippen LogP contribution in [-0.2, 0) is 19.9 Å². The summed E-state index contributed by atoms with van der Waals surface area (Å²) in [5, 5.41) is 14.7. The van der Waals surface area contributed by atoms with Gasteiger partial charge in [0, 0.05) is 19.2 Å². The zero-order valence-corrected chi connectivity index (χ0v) is 12.6. The summed E-state index contributed by atoms with van der Waals surface area (Å²) < 4.78 is 1.88. The molecule has 2 unspecified atom stereocenters. The maximum absolute atomic E-state index is 10.3. The molecule has 108 valence electrons. The zero-order chi connectivity index (χ0) is 14.5. The average molecular weight is 272 g/mol. The molecular weight excluding hydrogens is 248 g/mol. The Bertz CT molecular complexity index is 533. The molecule has 1 N–H and O–H groups in total. The lowest BCUT2D eigenvalue weighted by Crippen LogP contribution is -2.16. The van der Waals surface area contributed by atoms with Crippen molar-refractivity contribution in [1.29, 1.82) is 0 Å². The first kappa shape index (κ1) is 14.8. The van der Waals surface area contributed by atoms with Gasteiger partial charge in [-0.15, -0.1) is 0 Å². The van der Waals surface area contributed by atoms with Gasteiger partial charge in [-0.2, -0.15) is 5.10 Å². The van der Waals surface area contributed by atoms with Crippen LogP contribution in [0.1, 0.15) is 43.1 Å². The van der Waals surface area contributed by atoms with Crippen molar-refractivity contribution in [2.75, 3.05) is 0 Å². The Morgan fingerprint density at radius 2 is 1.95 bits per heavy atom. The SMILES string of the molecule is CCc1cc(CC(O)CC(C)c2ccccc2)n(C)n1. The molecule has 3 nitrogen and oxygen atoms in total. The minimum atomic E-state index is -0.328. The van der Waals surface area contributed by atoms with E-state index in [1.807, 2.05) is 29.9 Å². The largest absolute Gasteiger partial charge is 0.393 e. The van der Waals surface area contributed by atoms with Crippen LogP contribution in [0.5, 0.6) is 0 Å². The third-order valence-electron chi connectivity index (χ3n) is 3.83. The summed E-state index contributed by atoms with van der Waals surface area (Å²) in [5.41, 5.74) is 3.48. The highest BCUT2D eigenvalue weighted by Crippen LogP contribution is 2.21. The van der Waals surface area contributed by atoms with E-state index in [9.17, 15) is 5.11 Å². The van der Waals surface area contributed by atoms with E-state index in [0.29, 0.717) is 12.3 Å². The van der Waals surface area contributed by atoms with Crippen molar-refractivity contribution in [3.05, 3.63) is 53.3 Å². The van der Waals surface area contributed by atoms with Crippen molar-refractivity contribution < 1.29 is 5.11 Å². The van der Waals surface area contributed by atoms with E-state index in [2.05, 4.69) is 37.1 Å². The molecule has 20 heavy (non-hydrogen) atoms. The molecule has 3 heteroatoms. The lowest BCUT2D eigenvalue weighted by atomic mass is 9.93. The smallest absolute Gasteiger partial charge is 0.0624 e. The number of aromatic nitrogens is 2. The van der Waals surface area contributed by atoms with Gasteiger partial charge in [0.05, 0.1) is 11.8 Å². The Hall–Kier alpha value is -1.61. The number of benzene rings is 1. The van der Waals surface area contributed by atoms with Crippen molar-refractivity contribution in [2.45, 2.75) is 45.1 Å². The number of aliphatic hydroxyl groups is 1. The second-order valence-corrected chi connectivity index (χ2v) is 5.51. The predicted octanol–water partition coefficient (Wildman–Crippen LogP) is 3.08. The van der Waals surface area contributed by atoms with Crippen LogP contribution < -0.4 is 0 Å². The highest BCUT2D eigenvalue weighted by molar-refractivity contribution is 5.19. The average Bonchev–Trinajstić information content (AvgIpc) is 2.80. The number of hydrogen-bond acceptors (Lipinski definition) is 2. The van der Waals surface area contributed by atoms with Crippen molar-refractivity contribution in [2.24, 2.45) is 7.05 Å². The normalized spacial score (nSPS) is 14.2. The van der Waals surface area contributed by atoms with Gasteiger partial charge in [-0.05, 0) is 30.4 Å². The molecule has 0 saturated carbocycles. The molecule has 1 heterocycles. The molecule has 0 aliphatic carbocycles. The van der Waals surface area contributed by atoms with E-state index in [1.165, 1.54) is 5.56 Å². The summed E-state index contributed by atoms with van der Waals surface area (Å²) in [4.78, 5) is 0. The van der Waals surface area contributed by atoms with Gasteiger partial charge in [0.1, 0.15) is 0 Å². The predicted molar refractivity (Wildman–Crippen MR) is 81.8 cm³/mol. The number of hydrogen-bond donors (Lipinski definition) is 1. The van der Waals surface area contributed by atoms with Gasteiger partial charge < -0.3 is 5.11 Å². The first-order chi connectivity index (χ1) is 9.60. The van der Waals surface area contributed by atoms with Crippen LogP contribution in [0, 0.1) is 0 Å². The van der Waals surface area contributed by atoms with Crippen molar-refractivity contribution in [3.8, 4) is 0 Å². The van der Waals surface area contributed by atoms with Gasteiger partial charge in [-0.3, -0.25) is 4.68 Å². The standard InChI is InChI=1S/C17H24N2O/c1-4-15-11-16(19(3)18-15)12-17(20)10-13(2)14-8-6-5-7-9-14/h5-9,11,13,17,20H,4,10,12H2,1-3H3. The molecular formula is C17H24N2O. The van der Waals surface area contributed by atoms with E-state index in [4.69, 9.17) is 0 Å². The van der Waals surface area contributed by atoms with Gasteiger partial charge in [0.25, 0.3) is 0 Å². The quantitative estimate of drug-likeness (QED) is 0.877. The van der Waals surface area contributed by atoms with Crippen LogP contribution in [0.4, 0.5) is 0 Å². The van der Waals surface area contributed by atoms with E-state index in [-0.39, 0.29) is 6.10 Å². The summed E-state index contributed by atoms with van der Waals surface area (Å²) in [6, 6.07) is 12.5. The second-order valence-electron chi connectivity index (χ2n) is 5.51. The lowest BCUT2D eigenvalue weighted by Gasteiger charge is -2.16. The fraction of sp³-hybridized carbons (Fsp3) is 0.471. The maximum atomic E-state index is 10.3. The number of rotatable bonds is 6. The zero-order valence-electron chi connectivity index (χ0n) is 12.6. The monoisotopic (exact) mass is 272 g/mol. The van der Waals surface area contributed by atoms with Gasteiger partial charge in [0.15, 0.2) is 0 Å². The van der Waals surface area contributed by atoms with E-state index in [1.54, 1.807) is 0 Å². The summed E-state index contributed by atoms with van der Waals surface area (Å²) >= 11 is 0. The molecule has 1 aromatic heterocycles. The Morgan fingerprint density at radius 1 is 1.25 bits per heavy atom. The lowest BCUT2D eigenvalue weighted by molar-refractivity contribution is 0.155. The number of aryl methyl sites for hydroxylation is 2. The van der Waals surface area contributed by atoms with Crippen LogP contribution in [0.3, 0.4) is 0 Å². The second kappa shape index (κ2) is 6.71. The van der Waals surface area contributed by atoms with Gasteiger partial charge in [-0.25, -0.2) is 0 Å². The molecule has 0 amide bonds. The molecule has 0 aliphatic rings. The third-order valence-corrected chi connectivity index (χ3v) is 3.83. The Balaban J connectivity index is 1.95. The molecule has 0 aliphatic heterocycles. The molecule has 2 rings (SSSR count). The fourth-order valence-electron chi connectivity index (χ4n) is 2.59. The van der Waals surface area contributed by atoms with E-state index in [0.717, 1.165) is 24.2 Å². The molecule has 0 saturated heterocycles. The minimum Gasteiger partial charge on any atom is -0.393 e. The first-order valence-electron chi connectivity index (χ1n) is 7.35. The highest BCUT2D eigenvalue weighted by atomic mass is 16.3. The molecule has 2 atom stereocenters. The summed E-state index contributed by atoms with van der Waals surface area (Å²) in [7, 11) is 1.95. The molecule has 0 bridgehead atoms. The van der Waals surface area contributed by atoms with Gasteiger partial charge in [0.2, 0.25) is 0 Å². The van der Waals surface area contributed by atoms with Crippen molar-refractivity contribution in [3.63, 3.8) is 0 Å².